The molecule has 0 saturated heterocycles. The number of benzene rings is 1. The number of para-hydroxylation sites is 1. The van der Waals surface area contributed by atoms with Crippen LogP contribution in [-0.4, -0.2) is 47.0 Å². The van der Waals surface area contributed by atoms with Gasteiger partial charge in [-0.2, -0.15) is 0 Å². The topological polar surface area (TPSA) is 75.1 Å². The molecule has 0 spiro atoms. The lowest BCUT2D eigenvalue weighted by Gasteiger charge is -2.27. The zero-order valence-corrected chi connectivity index (χ0v) is 14.9. The van der Waals surface area contributed by atoms with E-state index in [0.717, 1.165) is 36.7 Å². The number of carbonyl (C=O) groups is 1. The van der Waals surface area contributed by atoms with E-state index in [4.69, 9.17) is 0 Å². The monoisotopic (exact) mass is 342 g/mol. The third-order valence-corrected chi connectivity index (χ3v) is 4.70. The zero-order valence-electron chi connectivity index (χ0n) is 14.9. The van der Waals surface area contributed by atoms with Gasteiger partial charge in [-0.15, -0.1) is 10.2 Å². The van der Waals surface area contributed by atoms with Crippen LogP contribution in [0, 0.1) is 0 Å². The van der Waals surface area contributed by atoms with Crippen molar-refractivity contribution in [3.8, 4) is 0 Å². The summed E-state index contributed by atoms with van der Waals surface area (Å²) >= 11 is 0. The van der Waals surface area contributed by atoms with Gasteiger partial charge in [0.15, 0.2) is 0 Å². The van der Waals surface area contributed by atoms with Crippen molar-refractivity contribution in [1.29, 1.82) is 0 Å². The SMILES string of the molecule is C[C@H](CNC(=O)NCCc1nnc2n1CCC2)N(C)c1ccccc1. The summed E-state index contributed by atoms with van der Waals surface area (Å²) in [6, 6.07) is 10.2. The molecule has 2 N–H and O–H groups in total. The summed E-state index contributed by atoms with van der Waals surface area (Å²) in [5.74, 6) is 2.03. The van der Waals surface area contributed by atoms with Gasteiger partial charge >= 0.3 is 6.03 Å². The smallest absolute Gasteiger partial charge is 0.314 e. The lowest BCUT2D eigenvalue weighted by atomic mass is 10.2. The summed E-state index contributed by atoms with van der Waals surface area (Å²) in [5.41, 5.74) is 1.14. The number of likely N-dealkylation sites (N-methyl/N-ethyl adjacent to an activating group) is 1. The first kappa shape index (κ1) is 17.3. The van der Waals surface area contributed by atoms with Crippen LogP contribution in [0.1, 0.15) is 25.0 Å². The van der Waals surface area contributed by atoms with Crippen molar-refractivity contribution in [2.75, 3.05) is 25.0 Å². The van der Waals surface area contributed by atoms with Crippen LogP contribution < -0.4 is 15.5 Å². The van der Waals surface area contributed by atoms with Gasteiger partial charge in [-0.25, -0.2) is 4.79 Å². The lowest BCUT2D eigenvalue weighted by Crippen LogP contribution is -2.44. The Labute approximate surface area is 148 Å². The maximum absolute atomic E-state index is 12.0. The Bertz CT molecular complexity index is 699. The Balaban J connectivity index is 1.38. The van der Waals surface area contributed by atoms with Gasteiger partial charge in [-0.3, -0.25) is 0 Å². The number of hydrogen-bond acceptors (Lipinski definition) is 4. The molecule has 0 radical (unpaired) electrons. The van der Waals surface area contributed by atoms with E-state index in [2.05, 4.69) is 49.4 Å². The molecule has 1 aliphatic rings. The van der Waals surface area contributed by atoms with Gasteiger partial charge < -0.3 is 20.1 Å². The summed E-state index contributed by atoms with van der Waals surface area (Å²) in [5, 5.41) is 14.2. The predicted octanol–water partition coefficient (Wildman–Crippen LogP) is 1.59. The fourth-order valence-corrected chi connectivity index (χ4v) is 3.04. The Morgan fingerprint density at radius 2 is 2.08 bits per heavy atom. The van der Waals surface area contributed by atoms with Gasteiger partial charge in [0.2, 0.25) is 0 Å². The van der Waals surface area contributed by atoms with E-state index in [1.165, 1.54) is 0 Å². The van der Waals surface area contributed by atoms with Crippen LogP contribution in [0.5, 0.6) is 0 Å². The number of hydrogen-bond donors (Lipinski definition) is 2. The molecule has 1 aromatic heterocycles. The van der Waals surface area contributed by atoms with E-state index in [-0.39, 0.29) is 12.1 Å². The van der Waals surface area contributed by atoms with Gasteiger partial charge in [-0.05, 0) is 25.5 Å². The normalized spacial score (nSPS) is 14.0. The molecular weight excluding hydrogens is 316 g/mol. The number of aromatic nitrogens is 3. The highest BCUT2D eigenvalue weighted by molar-refractivity contribution is 5.73. The molecule has 1 aliphatic heterocycles. The van der Waals surface area contributed by atoms with Crippen LogP contribution in [0.15, 0.2) is 30.3 Å². The fourth-order valence-electron chi connectivity index (χ4n) is 3.04. The van der Waals surface area contributed by atoms with E-state index in [0.29, 0.717) is 19.5 Å². The maximum Gasteiger partial charge on any atom is 0.314 e. The van der Waals surface area contributed by atoms with Crippen molar-refractivity contribution in [2.45, 2.75) is 38.8 Å². The van der Waals surface area contributed by atoms with E-state index in [9.17, 15) is 4.79 Å². The number of fused-ring (bicyclic) bond motifs is 1. The number of carbonyl (C=O) groups excluding carboxylic acids is 1. The van der Waals surface area contributed by atoms with Crippen LogP contribution in [0.25, 0.3) is 0 Å². The highest BCUT2D eigenvalue weighted by Crippen LogP contribution is 2.14. The van der Waals surface area contributed by atoms with E-state index >= 15 is 0 Å². The molecule has 0 unspecified atom stereocenters. The number of nitrogens with zero attached hydrogens (tertiary/aromatic N) is 4. The maximum atomic E-state index is 12.0. The fraction of sp³-hybridized carbons (Fsp3) is 0.500. The average Bonchev–Trinajstić information content (AvgIpc) is 3.24. The molecule has 3 rings (SSSR count). The molecule has 0 aliphatic carbocycles. The van der Waals surface area contributed by atoms with E-state index < -0.39 is 0 Å². The third kappa shape index (κ3) is 4.29. The number of aryl methyl sites for hydroxylation is 1. The Hall–Kier alpha value is -2.57. The minimum Gasteiger partial charge on any atom is -0.370 e. The van der Waals surface area contributed by atoms with Gasteiger partial charge in [0.25, 0.3) is 0 Å². The van der Waals surface area contributed by atoms with Crippen LogP contribution >= 0.6 is 0 Å². The molecule has 25 heavy (non-hydrogen) atoms. The molecule has 2 amide bonds. The summed E-state index contributed by atoms with van der Waals surface area (Å²) in [6.45, 7) is 4.23. The molecule has 7 heteroatoms. The molecule has 134 valence electrons. The number of amides is 2. The van der Waals surface area contributed by atoms with Crippen molar-refractivity contribution in [2.24, 2.45) is 0 Å². The van der Waals surface area contributed by atoms with Crippen LogP contribution in [-0.2, 0) is 19.4 Å². The van der Waals surface area contributed by atoms with E-state index in [1.54, 1.807) is 0 Å². The van der Waals surface area contributed by atoms with Crippen LogP contribution in [0.4, 0.5) is 10.5 Å². The van der Waals surface area contributed by atoms with Crippen molar-refractivity contribution >= 4 is 11.7 Å². The van der Waals surface area contributed by atoms with Crippen LogP contribution in [0.2, 0.25) is 0 Å². The van der Waals surface area contributed by atoms with Gasteiger partial charge in [0.1, 0.15) is 11.6 Å². The third-order valence-electron chi connectivity index (χ3n) is 4.70. The summed E-state index contributed by atoms with van der Waals surface area (Å²) in [7, 11) is 2.03. The molecule has 0 fully saturated rings. The van der Waals surface area contributed by atoms with Crippen LogP contribution in [0.3, 0.4) is 0 Å². The Kier molecular flexibility index (Phi) is 5.53. The molecule has 7 nitrogen and oxygen atoms in total. The zero-order chi connectivity index (χ0) is 17.6. The first-order valence-electron chi connectivity index (χ1n) is 8.85. The predicted molar refractivity (Wildman–Crippen MR) is 97.8 cm³/mol. The van der Waals surface area contributed by atoms with Crippen molar-refractivity contribution < 1.29 is 4.79 Å². The average molecular weight is 342 g/mol. The van der Waals surface area contributed by atoms with E-state index in [1.807, 2.05) is 25.2 Å². The Morgan fingerprint density at radius 3 is 2.88 bits per heavy atom. The van der Waals surface area contributed by atoms with Gasteiger partial charge in [0, 0.05) is 51.3 Å². The summed E-state index contributed by atoms with van der Waals surface area (Å²) in [6.07, 6.45) is 2.85. The second kappa shape index (κ2) is 8.00. The molecule has 2 aromatic rings. The highest BCUT2D eigenvalue weighted by atomic mass is 16.2. The molecule has 1 aromatic carbocycles. The van der Waals surface area contributed by atoms with Crippen molar-refractivity contribution in [3.05, 3.63) is 42.0 Å². The molecule has 1 atom stereocenters. The minimum absolute atomic E-state index is 0.144. The minimum atomic E-state index is -0.144. The quantitative estimate of drug-likeness (QED) is 0.801. The molecular formula is C18H26N6O. The first-order chi connectivity index (χ1) is 12.1. The first-order valence-corrected chi connectivity index (χ1v) is 8.85. The van der Waals surface area contributed by atoms with Gasteiger partial charge in [-0.1, -0.05) is 18.2 Å². The van der Waals surface area contributed by atoms with Gasteiger partial charge in [0.05, 0.1) is 0 Å². The van der Waals surface area contributed by atoms with Crippen molar-refractivity contribution in [1.82, 2.24) is 25.4 Å². The number of nitrogens with one attached hydrogen (secondary N) is 2. The second-order valence-corrected chi connectivity index (χ2v) is 6.47. The second-order valence-electron chi connectivity index (χ2n) is 6.47. The highest BCUT2D eigenvalue weighted by Gasteiger charge is 2.17. The lowest BCUT2D eigenvalue weighted by molar-refractivity contribution is 0.240. The number of urea groups is 1. The van der Waals surface area contributed by atoms with Crippen molar-refractivity contribution in [3.63, 3.8) is 0 Å². The largest absolute Gasteiger partial charge is 0.370 e. The Morgan fingerprint density at radius 1 is 1.28 bits per heavy atom. The number of anilines is 1. The summed E-state index contributed by atoms with van der Waals surface area (Å²) < 4.78 is 2.16. The molecule has 0 saturated carbocycles. The summed E-state index contributed by atoms with van der Waals surface area (Å²) in [4.78, 5) is 14.1. The standard InChI is InChI=1S/C18H26N6O/c1-14(23(2)15-7-4-3-5-8-15)13-20-18(25)19-11-10-17-22-21-16-9-6-12-24(16)17/h3-5,7-8,14H,6,9-13H2,1-2H3,(H2,19,20,25)/t14-/m1/s1. The molecule has 2 heterocycles. The molecule has 0 bridgehead atoms. The number of rotatable bonds is 7.